The van der Waals surface area contributed by atoms with Gasteiger partial charge in [0, 0.05) is 25.2 Å². The largest absolute Gasteiger partial charge is 0.390 e. The molecule has 2 heterocycles. The molecule has 1 aromatic rings. The van der Waals surface area contributed by atoms with Gasteiger partial charge in [0.15, 0.2) is 0 Å². The normalized spacial score (nSPS) is 17.7. The van der Waals surface area contributed by atoms with Crippen LogP contribution in [0.2, 0.25) is 0 Å². The summed E-state index contributed by atoms with van der Waals surface area (Å²) in [6, 6.07) is 4.08. The molecule has 1 aromatic heterocycles. The summed E-state index contributed by atoms with van der Waals surface area (Å²) in [6.45, 7) is 7.62. The van der Waals surface area contributed by atoms with Crippen molar-refractivity contribution in [2.24, 2.45) is 5.92 Å². The van der Waals surface area contributed by atoms with Crippen molar-refractivity contribution in [3.63, 3.8) is 0 Å². The van der Waals surface area contributed by atoms with Crippen molar-refractivity contribution in [2.75, 3.05) is 18.0 Å². The van der Waals surface area contributed by atoms with Gasteiger partial charge in [-0.25, -0.2) is 4.98 Å². The molecule has 1 aliphatic heterocycles. The number of pyridine rings is 1. The van der Waals surface area contributed by atoms with E-state index in [0.717, 1.165) is 18.9 Å². The first-order valence-corrected chi connectivity index (χ1v) is 5.37. The Labute approximate surface area is 90.8 Å². The maximum atomic E-state index is 9.81. The Balaban J connectivity index is 2.00. The molecule has 0 unspecified atom stereocenters. The zero-order valence-electron chi connectivity index (χ0n) is 9.57. The van der Waals surface area contributed by atoms with Crippen LogP contribution in [0.5, 0.6) is 0 Å². The second kappa shape index (κ2) is 3.49. The summed E-state index contributed by atoms with van der Waals surface area (Å²) in [6.07, 6.45) is 1.84. The lowest BCUT2D eigenvalue weighted by atomic mass is 9.84. The standard InChI is InChI=1S/C12H18N2O/c1-9-4-5-13-11(6-9)14-7-10(8-14)12(2,3)15/h4-6,10,15H,7-8H2,1-3H3. The van der Waals surface area contributed by atoms with Gasteiger partial charge < -0.3 is 10.0 Å². The molecule has 2 rings (SSSR count). The molecular weight excluding hydrogens is 188 g/mol. The number of hydrogen-bond donors (Lipinski definition) is 1. The maximum absolute atomic E-state index is 9.81. The monoisotopic (exact) mass is 206 g/mol. The van der Waals surface area contributed by atoms with E-state index in [2.05, 4.69) is 22.9 Å². The lowest BCUT2D eigenvalue weighted by Gasteiger charge is -2.45. The smallest absolute Gasteiger partial charge is 0.128 e. The van der Waals surface area contributed by atoms with Crippen LogP contribution in [0.15, 0.2) is 18.3 Å². The molecule has 1 N–H and O–H groups in total. The first kappa shape index (κ1) is 10.4. The molecule has 1 aliphatic rings. The summed E-state index contributed by atoms with van der Waals surface area (Å²) < 4.78 is 0. The Morgan fingerprint density at radius 1 is 1.47 bits per heavy atom. The maximum Gasteiger partial charge on any atom is 0.128 e. The van der Waals surface area contributed by atoms with Gasteiger partial charge >= 0.3 is 0 Å². The SMILES string of the molecule is Cc1ccnc(N2CC(C(C)(C)O)C2)c1. The summed E-state index contributed by atoms with van der Waals surface area (Å²) >= 11 is 0. The zero-order valence-corrected chi connectivity index (χ0v) is 9.57. The highest BCUT2D eigenvalue weighted by atomic mass is 16.3. The molecule has 0 spiro atoms. The van der Waals surface area contributed by atoms with E-state index in [9.17, 15) is 5.11 Å². The van der Waals surface area contributed by atoms with Crippen LogP contribution in [-0.2, 0) is 0 Å². The van der Waals surface area contributed by atoms with E-state index in [0.29, 0.717) is 5.92 Å². The predicted molar refractivity (Wildman–Crippen MR) is 61.0 cm³/mol. The van der Waals surface area contributed by atoms with Crippen molar-refractivity contribution in [2.45, 2.75) is 26.4 Å². The van der Waals surface area contributed by atoms with Crippen molar-refractivity contribution in [1.82, 2.24) is 4.98 Å². The minimum absolute atomic E-state index is 0.361. The van der Waals surface area contributed by atoms with Gasteiger partial charge in [-0.15, -0.1) is 0 Å². The van der Waals surface area contributed by atoms with Crippen molar-refractivity contribution >= 4 is 5.82 Å². The number of nitrogens with zero attached hydrogens (tertiary/aromatic N) is 2. The second-order valence-electron chi connectivity index (χ2n) is 4.95. The van der Waals surface area contributed by atoms with Crippen LogP contribution in [0.1, 0.15) is 19.4 Å². The van der Waals surface area contributed by atoms with E-state index in [1.807, 2.05) is 26.1 Å². The van der Waals surface area contributed by atoms with E-state index in [1.54, 1.807) is 0 Å². The number of aromatic nitrogens is 1. The van der Waals surface area contributed by atoms with Crippen molar-refractivity contribution in [3.8, 4) is 0 Å². The van der Waals surface area contributed by atoms with Crippen LogP contribution < -0.4 is 4.90 Å². The molecule has 0 atom stereocenters. The third-order valence-electron chi connectivity index (χ3n) is 3.11. The fourth-order valence-corrected chi connectivity index (χ4v) is 1.81. The molecule has 82 valence electrons. The summed E-state index contributed by atoms with van der Waals surface area (Å²) in [5.41, 5.74) is 0.659. The molecular formula is C12H18N2O. The van der Waals surface area contributed by atoms with Crippen LogP contribution in [0.4, 0.5) is 5.82 Å². The number of rotatable bonds is 2. The van der Waals surface area contributed by atoms with Gasteiger partial charge in [-0.05, 0) is 38.5 Å². The Morgan fingerprint density at radius 2 is 2.13 bits per heavy atom. The van der Waals surface area contributed by atoms with E-state index in [1.165, 1.54) is 5.56 Å². The molecule has 1 fully saturated rings. The Hall–Kier alpha value is -1.09. The van der Waals surface area contributed by atoms with Gasteiger partial charge in [0.2, 0.25) is 0 Å². The molecule has 3 nitrogen and oxygen atoms in total. The molecule has 0 amide bonds. The third-order valence-corrected chi connectivity index (χ3v) is 3.11. The van der Waals surface area contributed by atoms with Crippen molar-refractivity contribution < 1.29 is 5.11 Å². The van der Waals surface area contributed by atoms with Gasteiger partial charge in [0.05, 0.1) is 5.60 Å². The average Bonchev–Trinajstić information content (AvgIpc) is 1.97. The first-order valence-electron chi connectivity index (χ1n) is 5.37. The average molecular weight is 206 g/mol. The second-order valence-corrected chi connectivity index (χ2v) is 4.95. The van der Waals surface area contributed by atoms with Gasteiger partial charge in [0.25, 0.3) is 0 Å². The van der Waals surface area contributed by atoms with Crippen LogP contribution in [0.25, 0.3) is 0 Å². The molecule has 0 aliphatic carbocycles. The van der Waals surface area contributed by atoms with E-state index in [4.69, 9.17) is 0 Å². The molecule has 0 radical (unpaired) electrons. The summed E-state index contributed by atoms with van der Waals surface area (Å²) in [5, 5.41) is 9.81. The van der Waals surface area contributed by atoms with Crippen LogP contribution in [0.3, 0.4) is 0 Å². The number of aliphatic hydroxyl groups is 1. The molecule has 0 bridgehead atoms. The fourth-order valence-electron chi connectivity index (χ4n) is 1.81. The van der Waals surface area contributed by atoms with Crippen molar-refractivity contribution in [1.29, 1.82) is 0 Å². The van der Waals surface area contributed by atoms with Gasteiger partial charge in [-0.1, -0.05) is 0 Å². The minimum atomic E-state index is -0.569. The lowest BCUT2D eigenvalue weighted by molar-refractivity contribution is 0.00439. The minimum Gasteiger partial charge on any atom is -0.390 e. The van der Waals surface area contributed by atoms with Crippen LogP contribution in [-0.4, -0.2) is 28.8 Å². The van der Waals surface area contributed by atoms with Gasteiger partial charge in [-0.3, -0.25) is 0 Å². The summed E-state index contributed by atoms with van der Waals surface area (Å²) in [5.74, 6) is 1.38. The molecule has 1 saturated heterocycles. The van der Waals surface area contributed by atoms with Gasteiger partial charge in [-0.2, -0.15) is 0 Å². The lowest BCUT2D eigenvalue weighted by Crippen LogP contribution is -2.56. The Bertz CT molecular complexity index is 351. The van der Waals surface area contributed by atoms with Gasteiger partial charge in [0.1, 0.15) is 5.82 Å². The number of anilines is 1. The fraction of sp³-hybridized carbons (Fsp3) is 0.583. The molecule has 15 heavy (non-hydrogen) atoms. The molecule has 3 heteroatoms. The van der Waals surface area contributed by atoms with E-state index < -0.39 is 5.60 Å². The summed E-state index contributed by atoms with van der Waals surface area (Å²) in [4.78, 5) is 6.53. The van der Waals surface area contributed by atoms with Crippen molar-refractivity contribution in [3.05, 3.63) is 23.9 Å². The quantitative estimate of drug-likeness (QED) is 0.798. The Morgan fingerprint density at radius 3 is 2.67 bits per heavy atom. The third kappa shape index (κ3) is 2.12. The first-order chi connectivity index (χ1) is 6.97. The highest BCUT2D eigenvalue weighted by Gasteiger charge is 2.37. The van der Waals surface area contributed by atoms with Crippen LogP contribution in [0, 0.1) is 12.8 Å². The molecule has 0 aromatic carbocycles. The summed E-state index contributed by atoms with van der Waals surface area (Å²) in [7, 11) is 0. The number of aryl methyl sites for hydroxylation is 1. The topological polar surface area (TPSA) is 36.4 Å². The highest BCUT2D eigenvalue weighted by molar-refractivity contribution is 5.43. The highest BCUT2D eigenvalue weighted by Crippen LogP contribution is 2.30. The van der Waals surface area contributed by atoms with E-state index >= 15 is 0 Å². The van der Waals surface area contributed by atoms with Crippen LogP contribution >= 0.6 is 0 Å². The van der Waals surface area contributed by atoms with E-state index in [-0.39, 0.29) is 0 Å². The predicted octanol–water partition coefficient (Wildman–Crippen LogP) is 1.60. The Kier molecular flexibility index (Phi) is 2.43. The molecule has 0 saturated carbocycles. The number of hydrogen-bond acceptors (Lipinski definition) is 3. The zero-order chi connectivity index (χ0) is 11.1.